The Morgan fingerprint density at radius 1 is 1.25 bits per heavy atom. The van der Waals surface area contributed by atoms with Crippen LogP contribution in [-0.2, 0) is 4.79 Å². The van der Waals surface area contributed by atoms with Gasteiger partial charge in [0, 0.05) is 38.3 Å². The summed E-state index contributed by atoms with van der Waals surface area (Å²) in [5.41, 5.74) is -0.688. The summed E-state index contributed by atoms with van der Waals surface area (Å²) >= 11 is 0. The molecule has 2 fully saturated rings. The van der Waals surface area contributed by atoms with E-state index in [1.165, 1.54) is 12.1 Å². The Morgan fingerprint density at radius 3 is 2.75 bits per heavy atom. The van der Waals surface area contributed by atoms with Crippen molar-refractivity contribution in [1.29, 1.82) is 0 Å². The molecule has 24 heavy (non-hydrogen) atoms. The first kappa shape index (κ1) is 16.7. The third kappa shape index (κ3) is 2.97. The molecule has 0 bridgehead atoms. The van der Waals surface area contributed by atoms with Crippen molar-refractivity contribution in [2.75, 3.05) is 26.2 Å². The lowest BCUT2D eigenvalue weighted by Gasteiger charge is -2.39. The highest BCUT2D eigenvalue weighted by Gasteiger charge is 2.49. The molecule has 6 nitrogen and oxygen atoms in total. The quantitative estimate of drug-likeness (QED) is 0.846. The molecule has 1 aromatic rings. The standard InChI is InChI=1S/C18H24N2O4/c1-3-7-19-8-4-5-18(17(19)23)6-9-20(12-18)16(22)15-11-14(21)10-13(2)24-15/h10-11H,3-9,12H2,1-2H3/t18-/m0/s1. The Labute approximate surface area is 141 Å². The molecule has 130 valence electrons. The van der Waals surface area contributed by atoms with Crippen molar-refractivity contribution in [3.05, 3.63) is 33.9 Å². The van der Waals surface area contributed by atoms with E-state index in [0.717, 1.165) is 32.4 Å². The van der Waals surface area contributed by atoms with Gasteiger partial charge in [0.15, 0.2) is 11.2 Å². The molecule has 3 heterocycles. The van der Waals surface area contributed by atoms with Crippen LogP contribution in [0.25, 0.3) is 0 Å². The molecule has 1 atom stereocenters. The number of rotatable bonds is 3. The summed E-state index contributed by atoms with van der Waals surface area (Å²) < 4.78 is 5.41. The van der Waals surface area contributed by atoms with Crippen LogP contribution in [0.2, 0.25) is 0 Å². The zero-order chi connectivity index (χ0) is 17.3. The molecule has 3 rings (SSSR count). The van der Waals surface area contributed by atoms with Crippen molar-refractivity contribution in [3.63, 3.8) is 0 Å². The first-order valence-electron chi connectivity index (χ1n) is 8.66. The summed E-state index contributed by atoms with van der Waals surface area (Å²) in [6, 6.07) is 2.59. The van der Waals surface area contributed by atoms with Crippen molar-refractivity contribution >= 4 is 11.8 Å². The largest absolute Gasteiger partial charge is 0.456 e. The molecule has 1 aromatic heterocycles. The normalized spacial score (nSPS) is 24.0. The topological polar surface area (TPSA) is 70.8 Å². The number of hydrogen-bond acceptors (Lipinski definition) is 4. The number of carbonyl (C=O) groups excluding carboxylic acids is 2. The van der Waals surface area contributed by atoms with Crippen LogP contribution in [0.3, 0.4) is 0 Å². The number of carbonyl (C=O) groups is 2. The number of hydrogen-bond donors (Lipinski definition) is 0. The molecule has 2 aliphatic heterocycles. The van der Waals surface area contributed by atoms with Crippen LogP contribution in [0.15, 0.2) is 21.3 Å². The fraction of sp³-hybridized carbons (Fsp3) is 0.611. The summed E-state index contributed by atoms with van der Waals surface area (Å²) in [6.45, 7) is 6.26. The van der Waals surface area contributed by atoms with Crippen LogP contribution < -0.4 is 5.43 Å². The van der Waals surface area contributed by atoms with Crippen LogP contribution in [0.1, 0.15) is 48.9 Å². The smallest absolute Gasteiger partial charge is 0.289 e. The summed E-state index contributed by atoms with van der Waals surface area (Å²) in [4.78, 5) is 40.7. The van der Waals surface area contributed by atoms with E-state index in [1.807, 2.05) is 4.90 Å². The molecule has 0 aromatic carbocycles. The first-order chi connectivity index (χ1) is 11.4. The summed E-state index contributed by atoms with van der Waals surface area (Å²) in [6.07, 6.45) is 3.44. The van der Waals surface area contributed by atoms with E-state index in [4.69, 9.17) is 4.42 Å². The van der Waals surface area contributed by atoms with Crippen LogP contribution in [-0.4, -0.2) is 47.8 Å². The van der Waals surface area contributed by atoms with Gasteiger partial charge in [-0.15, -0.1) is 0 Å². The molecule has 0 saturated carbocycles. The second kappa shape index (κ2) is 6.42. The number of piperidine rings is 1. The Morgan fingerprint density at radius 2 is 2.04 bits per heavy atom. The van der Waals surface area contributed by atoms with Crippen molar-refractivity contribution in [2.45, 2.75) is 39.5 Å². The van der Waals surface area contributed by atoms with Crippen LogP contribution in [0.5, 0.6) is 0 Å². The van der Waals surface area contributed by atoms with Crippen LogP contribution >= 0.6 is 0 Å². The highest BCUT2D eigenvalue weighted by atomic mass is 16.3. The van der Waals surface area contributed by atoms with Gasteiger partial charge in [-0.25, -0.2) is 0 Å². The minimum atomic E-state index is -0.451. The molecular weight excluding hydrogens is 308 g/mol. The van der Waals surface area contributed by atoms with Gasteiger partial charge < -0.3 is 14.2 Å². The predicted octanol–water partition coefficient (Wildman–Crippen LogP) is 1.81. The molecular formula is C18H24N2O4. The van der Waals surface area contributed by atoms with E-state index in [2.05, 4.69) is 6.92 Å². The molecule has 1 spiro atoms. The lowest BCUT2D eigenvalue weighted by atomic mass is 9.78. The van der Waals surface area contributed by atoms with Crippen molar-refractivity contribution in [2.24, 2.45) is 5.41 Å². The summed E-state index contributed by atoms with van der Waals surface area (Å²) in [5.74, 6) is 0.359. The second-order valence-electron chi connectivity index (χ2n) is 6.92. The molecule has 2 saturated heterocycles. The summed E-state index contributed by atoms with van der Waals surface area (Å²) in [5, 5.41) is 0. The van der Waals surface area contributed by atoms with Gasteiger partial charge >= 0.3 is 0 Å². The Bertz CT molecular complexity index is 709. The fourth-order valence-corrected chi connectivity index (χ4v) is 3.92. The predicted molar refractivity (Wildman–Crippen MR) is 88.8 cm³/mol. The van der Waals surface area contributed by atoms with Gasteiger partial charge in [0.2, 0.25) is 5.91 Å². The highest BCUT2D eigenvalue weighted by Crippen LogP contribution is 2.40. The van der Waals surface area contributed by atoms with Crippen molar-refractivity contribution in [1.82, 2.24) is 9.80 Å². The number of amides is 2. The van der Waals surface area contributed by atoms with Gasteiger partial charge in [-0.3, -0.25) is 14.4 Å². The van der Waals surface area contributed by atoms with Crippen molar-refractivity contribution < 1.29 is 14.0 Å². The lowest BCUT2D eigenvalue weighted by Crippen LogP contribution is -2.50. The number of nitrogens with zero attached hydrogens (tertiary/aromatic N) is 2. The summed E-state index contributed by atoms with van der Waals surface area (Å²) in [7, 11) is 0. The molecule has 0 unspecified atom stereocenters. The van der Waals surface area contributed by atoms with Crippen molar-refractivity contribution in [3.8, 4) is 0 Å². The zero-order valence-electron chi connectivity index (χ0n) is 14.3. The average Bonchev–Trinajstić information content (AvgIpc) is 2.96. The van der Waals surface area contributed by atoms with Gasteiger partial charge in [-0.05, 0) is 32.6 Å². The highest BCUT2D eigenvalue weighted by molar-refractivity contribution is 5.93. The van der Waals surface area contributed by atoms with E-state index >= 15 is 0 Å². The van der Waals surface area contributed by atoms with Gasteiger partial charge in [0.05, 0.1) is 5.41 Å². The second-order valence-corrected chi connectivity index (χ2v) is 6.92. The maximum absolute atomic E-state index is 12.9. The number of aryl methyl sites for hydroxylation is 1. The monoisotopic (exact) mass is 332 g/mol. The fourth-order valence-electron chi connectivity index (χ4n) is 3.92. The molecule has 2 amide bonds. The molecule has 0 aliphatic carbocycles. The first-order valence-corrected chi connectivity index (χ1v) is 8.66. The Kier molecular flexibility index (Phi) is 4.47. The van der Waals surface area contributed by atoms with Gasteiger partial charge in [-0.2, -0.15) is 0 Å². The Hall–Kier alpha value is -2.11. The molecule has 2 aliphatic rings. The van der Waals surface area contributed by atoms with E-state index in [1.54, 1.807) is 11.8 Å². The third-order valence-electron chi connectivity index (χ3n) is 5.06. The lowest BCUT2D eigenvalue weighted by molar-refractivity contribution is -0.145. The van der Waals surface area contributed by atoms with Gasteiger partial charge in [-0.1, -0.05) is 6.92 Å². The van der Waals surface area contributed by atoms with E-state index in [9.17, 15) is 14.4 Å². The van der Waals surface area contributed by atoms with Gasteiger partial charge in [0.25, 0.3) is 5.91 Å². The maximum Gasteiger partial charge on any atom is 0.289 e. The van der Waals surface area contributed by atoms with Crippen LogP contribution in [0, 0.1) is 12.3 Å². The molecule has 0 N–H and O–H groups in total. The zero-order valence-corrected chi connectivity index (χ0v) is 14.3. The molecule has 0 radical (unpaired) electrons. The SMILES string of the molecule is CCCN1CCC[C@@]2(CCN(C(=O)c3cc(=O)cc(C)o3)C2)C1=O. The van der Waals surface area contributed by atoms with E-state index < -0.39 is 5.41 Å². The Balaban J connectivity index is 1.78. The average molecular weight is 332 g/mol. The van der Waals surface area contributed by atoms with Crippen LogP contribution in [0.4, 0.5) is 0 Å². The third-order valence-corrected chi connectivity index (χ3v) is 5.06. The van der Waals surface area contributed by atoms with E-state index in [0.29, 0.717) is 25.3 Å². The minimum Gasteiger partial charge on any atom is -0.456 e. The van der Waals surface area contributed by atoms with E-state index in [-0.39, 0.29) is 23.0 Å². The number of likely N-dealkylation sites (tertiary alicyclic amines) is 2. The molecule has 6 heteroatoms. The maximum atomic E-state index is 12.9. The van der Waals surface area contributed by atoms with Gasteiger partial charge in [0.1, 0.15) is 5.76 Å². The minimum absolute atomic E-state index is 0.0609.